The highest BCUT2D eigenvalue weighted by Crippen LogP contribution is 2.56. The Morgan fingerprint density at radius 1 is 0.974 bits per heavy atom. The Labute approximate surface area is 220 Å². The Morgan fingerprint density at radius 3 is 2.21 bits per heavy atom. The van der Waals surface area contributed by atoms with E-state index in [1.165, 1.54) is 19.1 Å². The molecule has 1 amide bonds. The highest BCUT2D eigenvalue weighted by atomic mass is 16.7. The fourth-order valence-corrected chi connectivity index (χ4v) is 5.41. The topological polar surface area (TPSA) is 116 Å². The normalized spacial score (nSPS) is 22.9. The molecule has 2 aromatic rings. The SMILES string of the molecule is COc1cc([C@@H]2c3cc4c(cc3[C@H](OC(=O)N(C)CCN(C)C)[C@@H]3C(=O)OC[C@@H]23)OCO4)cc(OC)c1O. The average molecular weight is 529 g/mol. The molecule has 2 heterocycles. The van der Waals surface area contributed by atoms with E-state index >= 15 is 0 Å². The number of esters is 1. The first-order chi connectivity index (χ1) is 18.2. The number of benzene rings is 2. The fraction of sp³-hybridized carbons (Fsp3) is 0.481. The Bertz CT molecular complexity index is 1220. The molecule has 0 spiro atoms. The molecule has 5 rings (SSSR count). The molecule has 4 atom stereocenters. The number of phenols is 1. The predicted molar refractivity (Wildman–Crippen MR) is 134 cm³/mol. The van der Waals surface area contributed by atoms with Gasteiger partial charge in [-0.3, -0.25) is 4.79 Å². The molecule has 0 bridgehead atoms. The van der Waals surface area contributed by atoms with Crippen molar-refractivity contribution < 1.29 is 43.1 Å². The summed E-state index contributed by atoms with van der Waals surface area (Å²) in [4.78, 5) is 29.7. The van der Waals surface area contributed by atoms with Gasteiger partial charge in [0.2, 0.25) is 12.5 Å². The minimum Gasteiger partial charge on any atom is -0.502 e. The minimum absolute atomic E-state index is 0.0658. The number of hydrogen-bond donors (Lipinski definition) is 1. The van der Waals surface area contributed by atoms with Crippen LogP contribution < -0.4 is 18.9 Å². The number of hydrogen-bond acceptors (Lipinski definition) is 10. The zero-order valence-corrected chi connectivity index (χ0v) is 22.1. The lowest BCUT2D eigenvalue weighted by molar-refractivity contribution is -0.144. The van der Waals surface area contributed by atoms with Crippen molar-refractivity contribution in [1.82, 2.24) is 9.80 Å². The Morgan fingerprint density at radius 2 is 1.61 bits per heavy atom. The van der Waals surface area contributed by atoms with Gasteiger partial charge in [0.15, 0.2) is 23.0 Å². The largest absolute Gasteiger partial charge is 0.502 e. The zero-order valence-electron chi connectivity index (χ0n) is 22.1. The standard InChI is InChI=1S/C27H32N2O9/c1-28(2)6-7-29(3)27(32)38-25-16-11-19-18(36-13-37-19)10-15(16)22(17-12-35-26(31)23(17)25)14-8-20(33-4)24(30)21(9-14)34-5/h8-11,17,22-23,25,30H,6-7,12-13H2,1-5H3/t17-,22+,23+,25-/m0/s1. The summed E-state index contributed by atoms with van der Waals surface area (Å²) >= 11 is 0. The summed E-state index contributed by atoms with van der Waals surface area (Å²) in [5.41, 5.74) is 2.19. The molecule has 204 valence electrons. The summed E-state index contributed by atoms with van der Waals surface area (Å²) in [5, 5.41) is 10.5. The number of ether oxygens (including phenoxy) is 6. The van der Waals surface area contributed by atoms with E-state index in [1.54, 1.807) is 25.2 Å². The van der Waals surface area contributed by atoms with Crippen LogP contribution in [0.3, 0.4) is 0 Å². The maximum absolute atomic E-state index is 13.1. The molecule has 0 aromatic heterocycles. The number of carbonyl (C=O) groups is 2. The van der Waals surface area contributed by atoms with Crippen LogP contribution in [0.15, 0.2) is 24.3 Å². The van der Waals surface area contributed by atoms with Gasteiger partial charge in [0.25, 0.3) is 0 Å². The van der Waals surface area contributed by atoms with Gasteiger partial charge < -0.3 is 43.3 Å². The molecule has 11 nitrogen and oxygen atoms in total. The fourth-order valence-electron chi connectivity index (χ4n) is 5.41. The number of amides is 1. The zero-order chi connectivity index (χ0) is 27.1. The second kappa shape index (κ2) is 10.1. The lowest BCUT2D eigenvalue weighted by Gasteiger charge is -2.39. The highest BCUT2D eigenvalue weighted by molar-refractivity contribution is 5.79. The van der Waals surface area contributed by atoms with Crippen molar-refractivity contribution in [1.29, 1.82) is 0 Å². The number of cyclic esters (lactones) is 1. The van der Waals surface area contributed by atoms with Crippen molar-refractivity contribution in [2.24, 2.45) is 11.8 Å². The van der Waals surface area contributed by atoms with Crippen LogP contribution in [0.4, 0.5) is 4.79 Å². The molecule has 3 aliphatic rings. The van der Waals surface area contributed by atoms with E-state index < -0.39 is 24.1 Å². The minimum atomic E-state index is -0.883. The van der Waals surface area contributed by atoms with Gasteiger partial charge in [-0.15, -0.1) is 0 Å². The number of carbonyl (C=O) groups excluding carboxylic acids is 2. The number of methoxy groups -OCH3 is 2. The molecule has 1 aliphatic carbocycles. The molecule has 1 saturated heterocycles. The maximum Gasteiger partial charge on any atom is 0.410 e. The molecular formula is C27H32N2O9. The molecule has 2 aliphatic heterocycles. The van der Waals surface area contributed by atoms with Crippen LogP contribution in [-0.2, 0) is 14.3 Å². The summed E-state index contributed by atoms with van der Waals surface area (Å²) in [6.45, 7) is 1.32. The molecule has 0 radical (unpaired) electrons. The van der Waals surface area contributed by atoms with Crippen molar-refractivity contribution in [3.05, 3.63) is 41.0 Å². The van der Waals surface area contributed by atoms with Crippen LogP contribution in [-0.4, -0.2) is 88.8 Å². The van der Waals surface area contributed by atoms with E-state index in [1.807, 2.05) is 25.1 Å². The molecule has 0 saturated carbocycles. The number of rotatable bonds is 7. The lowest BCUT2D eigenvalue weighted by atomic mass is 9.66. The van der Waals surface area contributed by atoms with Gasteiger partial charge in [0, 0.05) is 37.5 Å². The average Bonchev–Trinajstić information content (AvgIpc) is 3.52. The van der Waals surface area contributed by atoms with Crippen LogP contribution in [0.25, 0.3) is 0 Å². The van der Waals surface area contributed by atoms with Crippen LogP contribution in [0.2, 0.25) is 0 Å². The second-order valence-electron chi connectivity index (χ2n) is 9.93. The summed E-state index contributed by atoms with van der Waals surface area (Å²) in [5.74, 6) is -0.500. The third-order valence-electron chi connectivity index (χ3n) is 7.41. The predicted octanol–water partition coefficient (Wildman–Crippen LogP) is 2.74. The van der Waals surface area contributed by atoms with E-state index in [0.29, 0.717) is 30.2 Å². The summed E-state index contributed by atoms with van der Waals surface area (Å²) < 4.78 is 33.7. The van der Waals surface area contributed by atoms with Gasteiger partial charge in [-0.05, 0) is 49.5 Å². The highest BCUT2D eigenvalue weighted by Gasteiger charge is 2.54. The first-order valence-corrected chi connectivity index (χ1v) is 12.3. The quantitative estimate of drug-likeness (QED) is 0.538. The second-order valence-corrected chi connectivity index (χ2v) is 9.93. The number of nitrogens with zero attached hydrogens (tertiary/aromatic N) is 2. The van der Waals surface area contributed by atoms with Gasteiger partial charge >= 0.3 is 12.1 Å². The molecule has 0 unspecified atom stereocenters. The smallest absolute Gasteiger partial charge is 0.410 e. The maximum atomic E-state index is 13.1. The van der Waals surface area contributed by atoms with Crippen LogP contribution >= 0.6 is 0 Å². The number of aromatic hydroxyl groups is 1. The Kier molecular flexibility index (Phi) is 6.87. The molecular weight excluding hydrogens is 496 g/mol. The molecule has 1 fully saturated rings. The molecule has 2 aromatic carbocycles. The van der Waals surface area contributed by atoms with E-state index in [2.05, 4.69) is 0 Å². The van der Waals surface area contributed by atoms with Crippen molar-refractivity contribution in [3.8, 4) is 28.7 Å². The number of fused-ring (bicyclic) bond motifs is 3. The first kappa shape index (κ1) is 25.8. The van der Waals surface area contributed by atoms with Crippen molar-refractivity contribution in [2.75, 3.05) is 61.9 Å². The van der Waals surface area contributed by atoms with E-state index in [4.69, 9.17) is 28.4 Å². The van der Waals surface area contributed by atoms with E-state index in [9.17, 15) is 14.7 Å². The first-order valence-electron chi connectivity index (χ1n) is 12.3. The Hall–Kier alpha value is -3.86. The number of likely N-dealkylation sites (N-methyl/N-ethyl adjacent to an activating group) is 2. The van der Waals surface area contributed by atoms with E-state index in [-0.39, 0.29) is 42.5 Å². The van der Waals surface area contributed by atoms with Gasteiger partial charge in [0.1, 0.15) is 12.0 Å². The third-order valence-corrected chi connectivity index (χ3v) is 7.41. The molecule has 1 N–H and O–H groups in total. The van der Waals surface area contributed by atoms with Crippen LogP contribution in [0, 0.1) is 11.8 Å². The Balaban J connectivity index is 1.62. The van der Waals surface area contributed by atoms with Gasteiger partial charge in [-0.2, -0.15) is 0 Å². The van der Waals surface area contributed by atoms with Crippen molar-refractivity contribution in [3.63, 3.8) is 0 Å². The van der Waals surface area contributed by atoms with Crippen LogP contribution in [0.1, 0.15) is 28.7 Å². The monoisotopic (exact) mass is 528 g/mol. The van der Waals surface area contributed by atoms with Crippen molar-refractivity contribution in [2.45, 2.75) is 12.0 Å². The van der Waals surface area contributed by atoms with Gasteiger partial charge in [-0.25, -0.2) is 4.79 Å². The third kappa shape index (κ3) is 4.40. The molecule has 11 heteroatoms. The summed E-state index contributed by atoms with van der Waals surface area (Å²) in [6.07, 6.45) is -1.42. The van der Waals surface area contributed by atoms with E-state index in [0.717, 1.165) is 11.1 Å². The van der Waals surface area contributed by atoms with Gasteiger partial charge in [0.05, 0.1) is 20.8 Å². The molecule has 38 heavy (non-hydrogen) atoms. The summed E-state index contributed by atoms with van der Waals surface area (Å²) in [7, 11) is 8.42. The lowest BCUT2D eigenvalue weighted by Crippen LogP contribution is -2.40. The van der Waals surface area contributed by atoms with Crippen LogP contribution in [0.5, 0.6) is 28.7 Å². The summed E-state index contributed by atoms with van der Waals surface area (Å²) in [6, 6.07) is 7.08. The van der Waals surface area contributed by atoms with Gasteiger partial charge in [-0.1, -0.05) is 0 Å². The van der Waals surface area contributed by atoms with Crippen molar-refractivity contribution >= 4 is 12.1 Å². The number of phenolic OH excluding ortho intramolecular Hbond substituents is 1.